The van der Waals surface area contributed by atoms with E-state index in [0.717, 1.165) is 55.3 Å². The lowest BCUT2D eigenvalue weighted by Gasteiger charge is -2.34. The van der Waals surface area contributed by atoms with E-state index in [0.29, 0.717) is 6.61 Å². The predicted octanol–water partition coefficient (Wildman–Crippen LogP) is 1.79. The normalized spacial score (nSPS) is 19.7. The monoisotopic (exact) mass is 420 g/mol. The standard InChI is InChI=1S/C21H24N8O2/c1-27-18(2-6-26-27)16-12-20(25-14-24-16)28-9-3-15(4-10-28)21(30)29-19(5-11-31-29)17-13-22-7-8-23-17/h2,6-8,12-15,19H,3-5,9-11H2,1H3/t19-/m0/s1. The van der Waals surface area contributed by atoms with Crippen molar-refractivity contribution in [3.05, 3.63) is 48.9 Å². The molecule has 2 aliphatic rings. The van der Waals surface area contributed by atoms with Crippen LogP contribution in [0.25, 0.3) is 11.4 Å². The van der Waals surface area contributed by atoms with Crippen molar-refractivity contribution in [1.29, 1.82) is 0 Å². The van der Waals surface area contributed by atoms with E-state index in [-0.39, 0.29) is 17.9 Å². The molecule has 0 aromatic carbocycles. The van der Waals surface area contributed by atoms with Crippen LogP contribution in [-0.4, -0.2) is 60.4 Å². The molecule has 5 heterocycles. The number of piperidine rings is 1. The number of hydrogen-bond acceptors (Lipinski definition) is 8. The molecule has 0 saturated carbocycles. The van der Waals surface area contributed by atoms with Crippen LogP contribution in [0.1, 0.15) is 31.0 Å². The van der Waals surface area contributed by atoms with E-state index < -0.39 is 0 Å². The molecule has 10 heteroatoms. The van der Waals surface area contributed by atoms with Gasteiger partial charge >= 0.3 is 0 Å². The van der Waals surface area contributed by atoms with Crippen molar-refractivity contribution in [2.24, 2.45) is 13.0 Å². The summed E-state index contributed by atoms with van der Waals surface area (Å²) in [6, 6.07) is 3.75. The summed E-state index contributed by atoms with van der Waals surface area (Å²) >= 11 is 0. The zero-order chi connectivity index (χ0) is 21.2. The molecule has 160 valence electrons. The molecule has 2 fully saturated rings. The second kappa shape index (κ2) is 8.38. The Morgan fingerprint density at radius 3 is 2.71 bits per heavy atom. The van der Waals surface area contributed by atoms with Gasteiger partial charge in [0.2, 0.25) is 5.91 Å². The average Bonchev–Trinajstić information content (AvgIpc) is 3.49. The summed E-state index contributed by atoms with van der Waals surface area (Å²) in [6.45, 7) is 2.02. The van der Waals surface area contributed by atoms with E-state index >= 15 is 0 Å². The van der Waals surface area contributed by atoms with Crippen LogP contribution < -0.4 is 4.90 Å². The van der Waals surface area contributed by atoms with Gasteiger partial charge in [-0.15, -0.1) is 0 Å². The molecule has 31 heavy (non-hydrogen) atoms. The van der Waals surface area contributed by atoms with Crippen molar-refractivity contribution < 1.29 is 9.63 Å². The van der Waals surface area contributed by atoms with Crippen LogP contribution in [0.4, 0.5) is 5.82 Å². The van der Waals surface area contributed by atoms with Crippen LogP contribution in [0.15, 0.2) is 43.2 Å². The maximum Gasteiger partial charge on any atom is 0.250 e. The maximum atomic E-state index is 13.2. The van der Waals surface area contributed by atoms with Crippen LogP contribution in [0.2, 0.25) is 0 Å². The molecular weight excluding hydrogens is 396 g/mol. The van der Waals surface area contributed by atoms with Gasteiger partial charge in [0.05, 0.1) is 29.9 Å². The Balaban J connectivity index is 1.25. The number of anilines is 1. The van der Waals surface area contributed by atoms with Crippen molar-refractivity contribution in [3.8, 4) is 11.4 Å². The van der Waals surface area contributed by atoms with Crippen LogP contribution >= 0.6 is 0 Å². The lowest BCUT2D eigenvalue weighted by atomic mass is 9.95. The molecule has 10 nitrogen and oxygen atoms in total. The van der Waals surface area contributed by atoms with Gasteiger partial charge in [-0.1, -0.05) is 0 Å². The average molecular weight is 420 g/mol. The fourth-order valence-electron chi connectivity index (χ4n) is 4.26. The molecule has 0 bridgehead atoms. The van der Waals surface area contributed by atoms with Gasteiger partial charge < -0.3 is 4.90 Å². The molecule has 0 N–H and O–H groups in total. The van der Waals surface area contributed by atoms with Gasteiger partial charge in [0.1, 0.15) is 18.2 Å². The lowest BCUT2D eigenvalue weighted by molar-refractivity contribution is -0.182. The quantitative estimate of drug-likeness (QED) is 0.630. The highest BCUT2D eigenvalue weighted by Crippen LogP contribution is 2.33. The summed E-state index contributed by atoms with van der Waals surface area (Å²) in [4.78, 5) is 38.4. The predicted molar refractivity (Wildman–Crippen MR) is 111 cm³/mol. The molecule has 5 rings (SSSR count). The Bertz CT molecular complexity index is 1050. The first-order valence-electron chi connectivity index (χ1n) is 10.5. The lowest BCUT2D eigenvalue weighted by Crippen LogP contribution is -2.42. The highest BCUT2D eigenvalue weighted by Gasteiger charge is 2.37. The van der Waals surface area contributed by atoms with Gasteiger partial charge in [-0.05, 0) is 18.9 Å². The molecule has 0 aliphatic carbocycles. The number of aryl methyl sites for hydroxylation is 1. The van der Waals surface area contributed by atoms with Crippen LogP contribution in [-0.2, 0) is 16.7 Å². The smallest absolute Gasteiger partial charge is 0.250 e. The van der Waals surface area contributed by atoms with E-state index in [1.807, 2.05) is 19.2 Å². The first-order chi connectivity index (χ1) is 15.2. The Kier molecular flexibility index (Phi) is 5.29. The number of rotatable bonds is 4. The van der Waals surface area contributed by atoms with E-state index in [1.54, 1.807) is 35.8 Å². The number of carbonyl (C=O) groups excluding carboxylic acids is 1. The fourth-order valence-corrected chi connectivity index (χ4v) is 4.26. The third-order valence-corrected chi connectivity index (χ3v) is 5.95. The number of hydrogen-bond donors (Lipinski definition) is 0. The molecule has 2 aliphatic heterocycles. The molecule has 0 unspecified atom stereocenters. The SMILES string of the molecule is Cn1nccc1-c1cc(N2CCC(C(=O)N3OCC[C@H]3c3cnccn3)CC2)ncn1. The van der Waals surface area contributed by atoms with E-state index in [9.17, 15) is 4.79 Å². The van der Waals surface area contributed by atoms with E-state index in [2.05, 4.69) is 29.9 Å². The zero-order valence-electron chi connectivity index (χ0n) is 17.3. The highest BCUT2D eigenvalue weighted by atomic mass is 16.7. The van der Waals surface area contributed by atoms with Crippen LogP contribution in [0.3, 0.4) is 0 Å². The third-order valence-electron chi connectivity index (χ3n) is 5.95. The molecule has 3 aromatic heterocycles. The Labute approximate surface area is 179 Å². The number of nitrogens with zero attached hydrogens (tertiary/aromatic N) is 8. The molecule has 0 spiro atoms. The minimum Gasteiger partial charge on any atom is -0.356 e. The first kappa shape index (κ1) is 19.6. The second-order valence-corrected chi connectivity index (χ2v) is 7.79. The number of amides is 1. The highest BCUT2D eigenvalue weighted by molar-refractivity contribution is 5.79. The zero-order valence-corrected chi connectivity index (χ0v) is 17.3. The van der Waals surface area contributed by atoms with Gasteiger partial charge in [-0.3, -0.25) is 24.3 Å². The van der Waals surface area contributed by atoms with Crippen LogP contribution in [0, 0.1) is 5.92 Å². The summed E-state index contributed by atoms with van der Waals surface area (Å²) in [7, 11) is 1.89. The molecule has 3 aromatic rings. The minimum atomic E-state index is -0.164. The summed E-state index contributed by atoms with van der Waals surface area (Å²) in [6.07, 6.45) is 10.6. The number of carbonyl (C=O) groups is 1. The molecule has 0 radical (unpaired) electrons. The topological polar surface area (TPSA) is 102 Å². The van der Waals surface area contributed by atoms with Gasteiger partial charge in [0.25, 0.3) is 0 Å². The van der Waals surface area contributed by atoms with E-state index in [1.165, 1.54) is 5.06 Å². The summed E-state index contributed by atoms with van der Waals surface area (Å²) in [5.74, 6) is 0.824. The Hall–Kier alpha value is -3.40. The largest absolute Gasteiger partial charge is 0.356 e. The molecule has 1 amide bonds. The summed E-state index contributed by atoms with van der Waals surface area (Å²) in [5, 5.41) is 5.73. The van der Waals surface area contributed by atoms with Gasteiger partial charge in [0, 0.05) is 57.1 Å². The van der Waals surface area contributed by atoms with E-state index in [4.69, 9.17) is 4.84 Å². The number of aromatic nitrogens is 6. The van der Waals surface area contributed by atoms with Crippen molar-refractivity contribution in [1.82, 2.24) is 34.8 Å². The van der Waals surface area contributed by atoms with Crippen LogP contribution in [0.5, 0.6) is 0 Å². The van der Waals surface area contributed by atoms with Gasteiger partial charge in [0.15, 0.2) is 0 Å². The summed E-state index contributed by atoms with van der Waals surface area (Å²) in [5.41, 5.74) is 2.55. The maximum absolute atomic E-state index is 13.2. The third kappa shape index (κ3) is 3.86. The molecule has 1 atom stereocenters. The van der Waals surface area contributed by atoms with Crippen molar-refractivity contribution in [2.45, 2.75) is 25.3 Å². The Morgan fingerprint density at radius 1 is 1.10 bits per heavy atom. The summed E-state index contributed by atoms with van der Waals surface area (Å²) < 4.78 is 1.79. The Morgan fingerprint density at radius 2 is 1.97 bits per heavy atom. The van der Waals surface area contributed by atoms with Crippen molar-refractivity contribution in [3.63, 3.8) is 0 Å². The first-order valence-corrected chi connectivity index (χ1v) is 10.5. The van der Waals surface area contributed by atoms with Crippen molar-refractivity contribution >= 4 is 11.7 Å². The second-order valence-electron chi connectivity index (χ2n) is 7.79. The van der Waals surface area contributed by atoms with Gasteiger partial charge in [-0.2, -0.15) is 5.10 Å². The molecular formula is C21H24N8O2. The minimum absolute atomic E-state index is 0.0334. The molecule has 2 saturated heterocycles. The van der Waals surface area contributed by atoms with Gasteiger partial charge in [-0.25, -0.2) is 15.0 Å². The fraction of sp³-hybridized carbons (Fsp3) is 0.429. The number of hydroxylamine groups is 2. The van der Waals surface area contributed by atoms with Crippen molar-refractivity contribution in [2.75, 3.05) is 24.6 Å².